The maximum absolute atomic E-state index is 13.3. The van der Waals surface area contributed by atoms with E-state index in [9.17, 15) is 9.59 Å². The third-order valence-electron chi connectivity index (χ3n) is 5.40. The second-order valence-corrected chi connectivity index (χ2v) is 9.72. The minimum absolute atomic E-state index is 0.0324. The van der Waals surface area contributed by atoms with Gasteiger partial charge in [-0.15, -0.1) is 17.9 Å². The van der Waals surface area contributed by atoms with E-state index in [1.54, 1.807) is 53.4 Å². The molecule has 0 bridgehead atoms. The van der Waals surface area contributed by atoms with Gasteiger partial charge in [0.15, 0.2) is 5.16 Å². The molecule has 0 aliphatic heterocycles. The Morgan fingerprint density at radius 1 is 1.42 bits per heavy atom. The van der Waals surface area contributed by atoms with Crippen LogP contribution in [-0.4, -0.2) is 28.3 Å². The molecule has 0 radical (unpaired) electrons. The van der Waals surface area contributed by atoms with E-state index in [-0.39, 0.29) is 17.2 Å². The number of aryl methyl sites for hydroxylation is 1. The summed E-state index contributed by atoms with van der Waals surface area (Å²) in [7, 11) is 1.60. The zero-order valence-corrected chi connectivity index (χ0v) is 19.3. The molecular weight excluding hydrogens is 430 g/mol. The van der Waals surface area contributed by atoms with Crippen molar-refractivity contribution in [2.24, 2.45) is 5.92 Å². The van der Waals surface area contributed by atoms with Crippen molar-refractivity contribution in [2.45, 2.75) is 37.9 Å². The molecule has 0 saturated carbocycles. The Balaban J connectivity index is 1.57. The molecule has 1 aliphatic carbocycles. The Morgan fingerprint density at radius 3 is 2.90 bits per heavy atom. The van der Waals surface area contributed by atoms with Gasteiger partial charge in [0, 0.05) is 17.1 Å². The zero-order valence-electron chi connectivity index (χ0n) is 17.6. The first-order valence-electron chi connectivity index (χ1n) is 10.2. The fraction of sp³-hybridized carbons (Fsp3) is 0.348. The molecule has 8 heteroatoms. The van der Waals surface area contributed by atoms with Crippen LogP contribution >= 0.6 is 23.1 Å². The Kier molecular flexibility index (Phi) is 6.48. The largest absolute Gasteiger partial charge is 0.497 e. The van der Waals surface area contributed by atoms with Crippen LogP contribution in [0.1, 0.15) is 23.8 Å². The van der Waals surface area contributed by atoms with Crippen molar-refractivity contribution in [1.29, 1.82) is 0 Å². The highest BCUT2D eigenvalue weighted by atomic mass is 32.2. The van der Waals surface area contributed by atoms with Gasteiger partial charge in [-0.25, -0.2) is 4.98 Å². The standard InChI is InChI=1S/C23H25N3O3S2/c1-4-11-26-22(28)20-17-10-5-14(2)12-18(17)31-21(20)25-23(26)30-13-19(27)24-15-6-8-16(29-3)9-7-15/h4,6-9,14H,1,5,10-13H2,2-3H3,(H,24,27). The van der Waals surface area contributed by atoms with Gasteiger partial charge in [-0.1, -0.05) is 24.8 Å². The lowest BCUT2D eigenvalue weighted by molar-refractivity contribution is -0.113. The number of methoxy groups -OCH3 is 1. The molecule has 1 amide bonds. The predicted molar refractivity (Wildman–Crippen MR) is 128 cm³/mol. The van der Waals surface area contributed by atoms with Gasteiger partial charge in [0.2, 0.25) is 5.91 Å². The molecule has 0 spiro atoms. The third-order valence-corrected chi connectivity index (χ3v) is 7.52. The van der Waals surface area contributed by atoms with Crippen LogP contribution in [0.4, 0.5) is 5.69 Å². The maximum Gasteiger partial charge on any atom is 0.263 e. The number of hydrogen-bond acceptors (Lipinski definition) is 6. The SMILES string of the molecule is C=CCn1c(SCC(=O)Nc2ccc(OC)cc2)nc2sc3c(c2c1=O)CCC(C)C3. The van der Waals surface area contributed by atoms with Crippen molar-refractivity contribution in [2.75, 3.05) is 18.2 Å². The first-order chi connectivity index (χ1) is 15.0. The predicted octanol–water partition coefficient (Wildman–Crippen LogP) is 4.51. The number of carbonyl (C=O) groups is 1. The van der Waals surface area contributed by atoms with E-state index in [0.717, 1.165) is 35.2 Å². The highest BCUT2D eigenvalue weighted by Gasteiger charge is 2.24. The summed E-state index contributed by atoms with van der Waals surface area (Å²) < 4.78 is 6.76. The first kappa shape index (κ1) is 21.6. The molecule has 3 aromatic rings. The number of rotatable bonds is 7. The summed E-state index contributed by atoms with van der Waals surface area (Å²) in [6, 6.07) is 7.16. The van der Waals surface area contributed by atoms with Crippen LogP contribution in [0.3, 0.4) is 0 Å². The van der Waals surface area contributed by atoms with Gasteiger partial charge < -0.3 is 10.1 Å². The van der Waals surface area contributed by atoms with E-state index in [1.807, 2.05) is 0 Å². The number of fused-ring (bicyclic) bond motifs is 3. The number of amides is 1. The number of aromatic nitrogens is 2. The second kappa shape index (κ2) is 9.28. The molecule has 1 unspecified atom stereocenters. The molecule has 1 aromatic carbocycles. The van der Waals surface area contributed by atoms with Gasteiger partial charge in [-0.2, -0.15) is 0 Å². The van der Waals surface area contributed by atoms with E-state index in [2.05, 4.69) is 18.8 Å². The van der Waals surface area contributed by atoms with Gasteiger partial charge >= 0.3 is 0 Å². The molecule has 1 atom stereocenters. The van der Waals surface area contributed by atoms with Gasteiger partial charge in [0.05, 0.1) is 18.2 Å². The number of thiophene rings is 1. The summed E-state index contributed by atoms with van der Waals surface area (Å²) in [5.74, 6) is 1.36. The summed E-state index contributed by atoms with van der Waals surface area (Å²) in [4.78, 5) is 32.6. The summed E-state index contributed by atoms with van der Waals surface area (Å²) >= 11 is 2.89. The summed E-state index contributed by atoms with van der Waals surface area (Å²) in [5, 5.41) is 4.16. The Bertz CT molecular complexity index is 1180. The van der Waals surface area contributed by atoms with Crippen LogP contribution in [-0.2, 0) is 24.2 Å². The normalized spacial score (nSPS) is 15.5. The topological polar surface area (TPSA) is 73.2 Å². The van der Waals surface area contributed by atoms with E-state index in [0.29, 0.717) is 23.3 Å². The van der Waals surface area contributed by atoms with Crippen LogP contribution < -0.4 is 15.6 Å². The van der Waals surface area contributed by atoms with Gasteiger partial charge in [0.1, 0.15) is 10.6 Å². The van der Waals surface area contributed by atoms with Crippen molar-refractivity contribution in [3.8, 4) is 5.75 Å². The molecule has 1 N–H and O–H groups in total. The summed E-state index contributed by atoms with van der Waals surface area (Å²) in [6.07, 6.45) is 4.72. The van der Waals surface area contributed by atoms with Crippen molar-refractivity contribution >= 4 is 44.9 Å². The van der Waals surface area contributed by atoms with Crippen LogP contribution in [0.5, 0.6) is 5.75 Å². The highest BCUT2D eigenvalue weighted by molar-refractivity contribution is 7.99. The first-order valence-corrected chi connectivity index (χ1v) is 12.0. The quantitative estimate of drug-likeness (QED) is 0.322. The van der Waals surface area contributed by atoms with Crippen molar-refractivity contribution < 1.29 is 9.53 Å². The summed E-state index contributed by atoms with van der Waals surface area (Å²) in [6.45, 7) is 6.40. The fourth-order valence-corrected chi connectivity index (χ4v) is 6.04. The number of nitrogens with zero attached hydrogens (tertiary/aromatic N) is 2. The maximum atomic E-state index is 13.3. The van der Waals surface area contributed by atoms with Crippen molar-refractivity contribution in [1.82, 2.24) is 9.55 Å². The summed E-state index contributed by atoms with van der Waals surface area (Å²) in [5.41, 5.74) is 1.83. The fourth-order valence-electron chi connectivity index (χ4n) is 3.81. The molecule has 162 valence electrons. The lowest BCUT2D eigenvalue weighted by atomic mass is 9.89. The van der Waals surface area contributed by atoms with Crippen molar-refractivity contribution in [3.05, 3.63) is 57.7 Å². The number of anilines is 1. The minimum Gasteiger partial charge on any atom is -0.497 e. The van der Waals surface area contributed by atoms with Crippen LogP contribution in [0, 0.1) is 5.92 Å². The molecule has 0 fully saturated rings. The minimum atomic E-state index is -0.158. The average Bonchev–Trinajstić information content (AvgIpc) is 3.12. The van der Waals surface area contributed by atoms with Gasteiger partial charge in [-0.3, -0.25) is 14.2 Å². The van der Waals surface area contributed by atoms with Gasteiger partial charge in [0.25, 0.3) is 5.56 Å². The molecule has 2 heterocycles. The Morgan fingerprint density at radius 2 is 2.19 bits per heavy atom. The molecule has 1 aliphatic rings. The van der Waals surface area contributed by atoms with Gasteiger partial charge in [-0.05, 0) is 55.0 Å². The molecule has 2 aromatic heterocycles. The molecular formula is C23H25N3O3S2. The molecule has 6 nitrogen and oxygen atoms in total. The number of allylic oxidation sites excluding steroid dienone is 1. The third kappa shape index (κ3) is 4.55. The number of hydrogen-bond donors (Lipinski definition) is 1. The monoisotopic (exact) mass is 455 g/mol. The van der Waals surface area contributed by atoms with E-state index < -0.39 is 0 Å². The van der Waals surface area contributed by atoms with Crippen LogP contribution in [0.25, 0.3) is 10.2 Å². The number of ether oxygens (including phenoxy) is 1. The van der Waals surface area contributed by atoms with Crippen molar-refractivity contribution in [3.63, 3.8) is 0 Å². The average molecular weight is 456 g/mol. The number of carbonyl (C=O) groups excluding carboxylic acids is 1. The van der Waals surface area contributed by atoms with Crippen LogP contribution in [0.15, 0.2) is 46.9 Å². The van der Waals surface area contributed by atoms with Crippen LogP contribution in [0.2, 0.25) is 0 Å². The zero-order chi connectivity index (χ0) is 22.0. The number of thioether (sulfide) groups is 1. The Labute approximate surface area is 189 Å². The lowest BCUT2D eigenvalue weighted by Gasteiger charge is -2.17. The molecule has 0 saturated heterocycles. The van der Waals surface area contributed by atoms with E-state index in [4.69, 9.17) is 9.72 Å². The number of benzene rings is 1. The number of nitrogens with one attached hydrogen (secondary N) is 1. The van der Waals surface area contributed by atoms with E-state index in [1.165, 1.54) is 22.2 Å². The van der Waals surface area contributed by atoms with E-state index >= 15 is 0 Å². The second-order valence-electron chi connectivity index (χ2n) is 7.70. The smallest absolute Gasteiger partial charge is 0.263 e. The molecule has 31 heavy (non-hydrogen) atoms. The Hall–Kier alpha value is -2.58. The molecule has 4 rings (SSSR count). The highest BCUT2D eigenvalue weighted by Crippen LogP contribution is 2.36. The lowest BCUT2D eigenvalue weighted by Crippen LogP contribution is -2.24.